The van der Waals surface area contributed by atoms with E-state index in [4.69, 9.17) is 23.2 Å². The average Bonchev–Trinajstić information content (AvgIpc) is 3.32. The number of hydrogen-bond acceptors (Lipinski definition) is 4. The number of H-pyrrole nitrogens is 2. The molecule has 3 heterocycles. The molecule has 1 atom stereocenters. The predicted octanol–water partition coefficient (Wildman–Crippen LogP) is 4.29. The van der Waals surface area contributed by atoms with Crippen molar-refractivity contribution in [1.29, 1.82) is 0 Å². The van der Waals surface area contributed by atoms with Crippen LogP contribution < -0.4 is 16.2 Å². The van der Waals surface area contributed by atoms with Crippen LogP contribution in [0.1, 0.15) is 6.42 Å². The SMILES string of the molecule is O=c1[nH]c2ccc(Cl)cc2c(N[C@H]2CCNC2)c1-c1nc2cc(F)c(Cl)cc2[nH]1. The zero-order valence-corrected chi connectivity index (χ0v) is 16.6. The van der Waals surface area contributed by atoms with Gasteiger partial charge in [0, 0.05) is 29.1 Å². The maximum atomic E-state index is 13.9. The highest BCUT2D eigenvalue weighted by molar-refractivity contribution is 6.31. The number of nitrogens with one attached hydrogen (secondary N) is 4. The molecule has 9 heteroatoms. The minimum absolute atomic E-state index is 0.0118. The minimum atomic E-state index is -0.563. The topological polar surface area (TPSA) is 85.6 Å². The fraction of sp³-hybridized carbons (Fsp3) is 0.200. The molecule has 0 amide bonds. The van der Waals surface area contributed by atoms with E-state index in [1.807, 2.05) is 0 Å². The van der Waals surface area contributed by atoms with Gasteiger partial charge in [-0.25, -0.2) is 9.37 Å². The molecule has 148 valence electrons. The molecule has 1 aliphatic rings. The Morgan fingerprint density at radius 1 is 1.14 bits per heavy atom. The number of fused-ring (bicyclic) bond motifs is 2. The van der Waals surface area contributed by atoms with Crippen LogP contribution in [-0.4, -0.2) is 34.1 Å². The Kier molecular flexibility index (Phi) is 4.46. The summed E-state index contributed by atoms with van der Waals surface area (Å²) in [4.78, 5) is 23.4. The number of hydrogen-bond donors (Lipinski definition) is 4. The van der Waals surface area contributed by atoms with Crippen LogP contribution in [0.15, 0.2) is 35.1 Å². The van der Waals surface area contributed by atoms with Gasteiger partial charge in [-0.1, -0.05) is 23.2 Å². The van der Waals surface area contributed by atoms with Crippen molar-refractivity contribution < 1.29 is 4.39 Å². The second-order valence-corrected chi connectivity index (χ2v) is 7.94. The molecular weight excluding hydrogens is 416 g/mol. The van der Waals surface area contributed by atoms with Gasteiger partial charge >= 0.3 is 0 Å². The van der Waals surface area contributed by atoms with E-state index >= 15 is 0 Å². The van der Waals surface area contributed by atoms with E-state index in [0.29, 0.717) is 38.6 Å². The number of nitrogens with zero attached hydrogens (tertiary/aromatic N) is 1. The molecule has 0 saturated carbocycles. The predicted molar refractivity (Wildman–Crippen MR) is 115 cm³/mol. The van der Waals surface area contributed by atoms with Gasteiger partial charge in [-0.2, -0.15) is 0 Å². The van der Waals surface area contributed by atoms with Crippen molar-refractivity contribution in [2.24, 2.45) is 0 Å². The normalized spacial score (nSPS) is 16.7. The molecule has 0 bridgehead atoms. The highest BCUT2D eigenvalue weighted by atomic mass is 35.5. The van der Waals surface area contributed by atoms with Gasteiger partial charge in [0.05, 0.1) is 27.3 Å². The molecule has 6 nitrogen and oxygen atoms in total. The lowest BCUT2D eigenvalue weighted by Crippen LogP contribution is -2.24. The van der Waals surface area contributed by atoms with Crippen molar-refractivity contribution in [1.82, 2.24) is 20.3 Å². The van der Waals surface area contributed by atoms with Gasteiger partial charge in [-0.05, 0) is 37.2 Å². The molecule has 4 N–H and O–H groups in total. The Balaban J connectivity index is 1.77. The molecular formula is C20H16Cl2FN5O. The van der Waals surface area contributed by atoms with Gasteiger partial charge in [0.25, 0.3) is 5.56 Å². The first kappa shape index (κ1) is 18.4. The van der Waals surface area contributed by atoms with Crippen LogP contribution in [0.5, 0.6) is 0 Å². The van der Waals surface area contributed by atoms with Crippen LogP contribution in [0, 0.1) is 5.82 Å². The summed E-state index contributed by atoms with van der Waals surface area (Å²) in [5, 5.41) is 8.12. The number of halogens is 3. The third-order valence-corrected chi connectivity index (χ3v) is 5.67. The largest absolute Gasteiger partial charge is 0.380 e. The molecule has 0 unspecified atom stereocenters. The molecule has 0 aliphatic carbocycles. The van der Waals surface area contributed by atoms with E-state index in [1.54, 1.807) is 18.2 Å². The van der Waals surface area contributed by atoms with Gasteiger partial charge in [0.1, 0.15) is 17.2 Å². The summed E-state index contributed by atoms with van der Waals surface area (Å²) in [5.74, 6) is -0.231. The second-order valence-electron chi connectivity index (χ2n) is 7.10. The third kappa shape index (κ3) is 3.25. The van der Waals surface area contributed by atoms with E-state index in [1.165, 1.54) is 12.1 Å². The van der Waals surface area contributed by atoms with Crippen LogP contribution in [0.3, 0.4) is 0 Å². The number of pyridine rings is 1. The van der Waals surface area contributed by atoms with Gasteiger partial charge in [0.2, 0.25) is 0 Å². The van der Waals surface area contributed by atoms with Crippen LogP contribution in [0.25, 0.3) is 33.3 Å². The highest BCUT2D eigenvalue weighted by Gasteiger charge is 2.22. The molecule has 0 spiro atoms. The molecule has 2 aromatic heterocycles. The van der Waals surface area contributed by atoms with Crippen molar-refractivity contribution in [2.75, 3.05) is 18.4 Å². The standard InChI is InChI=1S/C20H16Cl2FN5O/c21-9-1-2-14-11(5-9)18(25-10-3-4-24-8-10)17(20(29)28-14)19-26-15-6-12(22)13(23)7-16(15)27-19/h1-2,5-7,10,24H,3-4,8H2,(H,26,27)(H2,25,28,29)/t10-/m0/s1. The molecule has 1 fully saturated rings. The molecule has 2 aromatic carbocycles. The second kappa shape index (κ2) is 7.02. The Bertz CT molecular complexity index is 1270. The minimum Gasteiger partial charge on any atom is -0.380 e. The average molecular weight is 432 g/mol. The summed E-state index contributed by atoms with van der Waals surface area (Å²) < 4.78 is 13.9. The first-order valence-electron chi connectivity index (χ1n) is 9.17. The van der Waals surface area contributed by atoms with Crippen molar-refractivity contribution >= 4 is 50.8 Å². The molecule has 1 aliphatic heterocycles. The molecule has 5 rings (SSSR count). The zero-order valence-electron chi connectivity index (χ0n) is 15.1. The summed E-state index contributed by atoms with van der Waals surface area (Å²) in [6.07, 6.45) is 0.926. The smallest absolute Gasteiger partial charge is 0.261 e. The molecule has 1 saturated heterocycles. The quantitative estimate of drug-likeness (QED) is 0.389. The van der Waals surface area contributed by atoms with E-state index in [2.05, 4.69) is 25.6 Å². The van der Waals surface area contributed by atoms with Crippen LogP contribution >= 0.6 is 23.2 Å². The van der Waals surface area contributed by atoms with E-state index in [9.17, 15) is 9.18 Å². The molecule has 4 aromatic rings. The van der Waals surface area contributed by atoms with E-state index in [-0.39, 0.29) is 16.6 Å². The van der Waals surface area contributed by atoms with Crippen molar-refractivity contribution in [2.45, 2.75) is 12.5 Å². The van der Waals surface area contributed by atoms with E-state index in [0.717, 1.165) is 24.9 Å². The molecule has 0 radical (unpaired) electrons. The first-order chi connectivity index (χ1) is 14.0. The number of rotatable bonds is 3. The number of anilines is 1. The van der Waals surface area contributed by atoms with Crippen molar-refractivity contribution in [3.63, 3.8) is 0 Å². The lowest BCUT2D eigenvalue weighted by molar-refractivity contribution is 0.630. The van der Waals surface area contributed by atoms with Gasteiger partial charge in [-0.15, -0.1) is 0 Å². The molecule has 29 heavy (non-hydrogen) atoms. The highest BCUT2D eigenvalue weighted by Crippen LogP contribution is 2.33. The Hall–Kier alpha value is -2.61. The first-order valence-corrected chi connectivity index (χ1v) is 9.93. The van der Waals surface area contributed by atoms with Crippen molar-refractivity contribution in [3.8, 4) is 11.4 Å². The van der Waals surface area contributed by atoms with Crippen molar-refractivity contribution in [3.05, 3.63) is 56.5 Å². The van der Waals surface area contributed by atoms with Gasteiger partial charge in [0.15, 0.2) is 0 Å². The van der Waals surface area contributed by atoms with E-state index < -0.39 is 5.82 Å². The van der Waals surface area contributed by atoms with Gasteiger partial charge in [-0.3, -0.25) is 4.79 Å². The fourth-order valence-electron chi connectivity index (χ4n) is 3.75. The maximum Gasteiger partial charge on any atom is 0.261 e. The number of benzene rings is 2. The van der Waals surface area contributed by atoms with Crippen LogP contribution in [0.2, 0.25) is 10.0 Å². The van der Waals surface area contributed by atoms with Crippen LogP contribution in [0.4, 0.5) is 10.1 Å². The summed E-state index contributed by atoms with van der Waals surface area (Å²) in [6.45, 7) is 1.69. The lowest BCUT2D eigenvalue weighted by Gasteiger charge is -2.18. The Morgan fingerprint density at radius 3 is 2.79 bits per heavy atom. The number of aromatic nitrogens is 3. The maximum absolute atomic E-state index is 13.9. The number of aromatic amines is 2. The Morgan fingerprint density at radius 2 is 2.00 bits per heavy atom. The summed E-state index contributed by atoms with van der Waals surface area (Å²) in [7, 11) is 0. The van der Waals surface area contributed by atoms with Gasteiger partial charge < -0.3 is 20.6 Å². The summed E-state index contributed by atoms with van der Waals surface area (Å²) in [5.41, 5.74) is 2.29. The number of imidazole rings is 1. The fourth-order valence-corrected chi connectivity index (χ4v) is 4.08. The Labute approximate surface area is 174 Å². The summed E-state index contributed by atoms with van der Waals surface area (Å²) >= 11 is 12.1. The monoisotopic (exact) mass is 431 g/mol. The third-order valence-electron chi connectivity index (χ3n) is 5.15. The lowest BCUT2D eigenvalue weighted by atomic mass is 10.1. The zero-order chi connectivity index (χ0) is 20.1. The summed E-state index contributed by atoms with van der Waals surface area (Å²) in [6, 6.07) is 8.18. The van der Waals surface area contributed by atoms with Crippen LogP contribution in [-0.2, 0) is 0 Å².